The Kier molecular flexibility index (Phi) is 4.82. The zero-order valence-corrected chi connectivity index (χ0v) is 12.9. The van der Waals surface area contributed by atoms with Gasteiger partial charge in [0, 0.05) is 38.4 Å². The summed E-state index contributed by atoms with van der Waals surface area (Å²) in [6.45, 7) is 0.987. The molecule has 7 nitrogen and oxygen atoms in total. The summed E-state index contributed by atoms with van der Waals surface area (Å²) in [5.74, 6) is 0. The minimum Gasteiger partial charge on any atom is -0.381 e. The number of benzene rings is 1. The Morgan fingerprint density at radius 3 is 2.57 bits per heavy atom. The molecule has 1 aromatic rings. The molecule has 1 aliphatic heterocycles. The molecule has 0 amide bonds. The van der Waals surface area contributed by atoms with Crippen LogP contribution in [0.3, 0.4) is 0 Å². The zero-order valence-electron chi connectivity index (χ0n) is 11.4. The van der Waals surface area contributed by atoms with Crippen molar-refractivity contribution in [1.29, 1.82) is 0 Å². The van der Waals surface area contributed by atoms with Gasteiger partial charge < -0.3 is 4.74 Å². The summed E-state index contributed by atoms with van der Waals surface area (Å²) in [6, 6.07) is 3.20. The van der Waals surface area contributed by atoms with E-state index in [2.05, 4.69) is 0 Å². The second-order valence-corrected chi connectivity index (χ2v) is 7.11. The first-order valence-corrected chi connectivity index (χ1v) is 8.15. The van der Waals surface area contributed by atoms with Crippen LogP contribution in [0.25, 0.3) is 0 Å². The van der Waals surface area contributed by atoms with Gasteiger partial charge in [0.1, 0.15) is 4.90 Å². The highest BCUT2D eigenvalue weighted by Crippen LogP contribution is 2.30. The first-order valence-electron chi connectivity index (χ1n) is 6.34. The van der Waals surface area contributed by atoms with Crippen LogP contribution in [0.5, 0.6) is 0 Å². The van der Waals surface area contributed by atoms with E-state index in [0.717, 1.165) is 6.07 Å². The van der Waals surface area contributed by atoms with Gasteiger partial charge in [-0.3, -0.25) is 10.1 Å². The summed E-state index contributed by atoms with van der Waals surface area (Å²) >= 11 is 5.92. The number of sulfonamides is 1. The number of nitro benzene ring substituents is 1. The Morgan fingerprint density at radius 1 is 1.38 bits per heavy atom. The van der Waals surface area contributed by atoms with Gasteiger partial charge in [0.15, 0.2) is 0 Å². The van der Waals surface area contributed by atoms with Crippen molar-refractivity contribution in [1.82, 2.24) is 4.31 Å². The number of halogens is 1. The third kappa shape index (κ3) is 3.34. The predicted octanol–water partition coefficient (Wildman–Crippen LogP) is 2.05. The van der Waals surface area contributed by atoms with E-state index in [0.29, 0.717) is 26.1 Å². The number of non-ortho nitro benzene ring substituents is 1. The van der Waals surface area contributed by atoms with Crippen molar-refractivity contribution in [3.8, 4) is 0 Å². The highest BCUT2D eigenvalue weighted by Gasteiger charge is 2.31. The molecule has 0 N–H and O–H groups in total. The average Bonchev–Trinajstić information content (AvgIpc) is 2.47. The molecule has 116 valence electrons. The average molecular weight is 335 g/mol. The zero-order chi connectivity index (χ0) is 15.6. The molecule has 1 saturated heterocycles. The van der Waals surface area contributed by atoms with Crippen molar-refractivity contribution in [2.24, 2.45) is 0 Å². The highest BCUT2D eigenvalue weighted by molar-refractivity contribution is 7.89. The van der Waals surface area contributed by atoms with Gasteiger partial charge in [0.05, 0.1) is 9.95 Å². The maximum absolute atomic E-state index is 12.6. The van der Waals surface area contributed by atoms with E-state index in [4.69, 9.17) is 16.3 Å². The molecule has 9 heteroatoms. The van der Waals surface area contributed by atoms with Crippen molar-refractivity contribution < 1.29 is 18.1 Å². The molecule has 0 unspecified atom stereocenters. The number of ether oxygens (including phenoxy) is 1. The van der Waals surface area contributed by atoms with E-state index in [9.17, 15) is 18.5 Å². The lowest BCUT2D eigenvalue weighted by Gasteiger charge is -2.30. The molecule has 0 spiro atoms. The molecule has 0 atom stereocenters. The van der Waals surface area contributed by atoms with E-state index in [1.165, 1.54) is 23.5 Å². The number of nitro groups is 1. The standard InChI is InChI=1S/C12H15ClN2O5S/c1-14(9-4-6-20-7-5-9)21(18,19)12-8-10(15(16)17)2-3-11(12)13/h2-3,8-9H,4-7H2,1H3. The van der Waals surface area contributed by atoms with Crippen LogP contribution in [-0.4, -0.2) is 43.9 Å². The fourth-order valence-electron chi connectivity index (χ4n) is 2.20. The molecule has 1 aromatic carbocycles. The molecule has 21 heavy (non-hydrogen) atoms. The normalized spacial score (nSPS) is 17.1. The maximum atomic E-state index is 12.6. The Labute approximate surface area is 127 Å². The van der Waals surface area contributed by atoms with E-state index in [-0.39, 0.29) is 21.6 Å². The summed E-state index contributed by atoms with van der Waals surface area (Å²) in [5, 5.41) is 10.8. The van der Waals surface area contributed by atoms with Crippen molar-refractivity contribution in [3.05, 3.63) is 33.3 Å². The molecule has 0 bridgehead atoms. The smallest absolute Gasteiger partial charge is 0.270 e. The molecule has 1 aliphatic rings. The first kappa shape index (κ1) is 16.2. The van der Waals surface area contributed by atoms with E-state index >= 15 is 0 Å². The largest absolute Gasteiger partial charge is 0.381 e. The van der Waals surface area contributed by atoms with Crippen LogP contribution in [0.2, 0.25) is 5.02 Å². The lowest BCUT2D eigenvalue weighted by atomic mass is 10.1. The van der Waals surface area contributed by atoms with Gasteiger partial charge in [-0.25, -0.2) is 8.42 Å². The topological polar surface area (TPSA) is 89.8 Å². The molecule has 0 radical (unpaired) electrons. The number of hydrogen-bond donors (Lipinski definition) is 0. The summed E-state index contributed by atoms with van der Waals surface area (Å²) in [6.07, 6.45) is 1.17. The summed E-state index contributed by atoms with van der Waals surface area (Å²) in [5.41, 5.74) is -0.307. The fraction of sp³-hybridized carbons (Fsp3) is 0.500. The van der Waals surface area contributed by atoms with Gasteiger partial charge >= 0.3 is 0 Å². The maximum Gasteiger partial charge on any atom is 0.270 e. The lowest BCUT2D eigenvalue weighted by Crippen LogP contribution is -2.40. The van der Waals surface area contributed by atoms with Crippen molar-refractivity contribution in [2.45, 2.75) is 23.8 Å². The van der Waals surface area contributed by atoms with E-state index in [1.54, 1.807) is 0 Å². The van der Waals surface area contributed by atoms with Gasteiger partial charge in [0.25, 0.3) is 5.69 Å². The minimum absolute atomic E-state index is 0.0282. The SMILES string of the molecule is CN(C1CCOCC1)S(=O)(=O)c1cc([N+](=O)[O-])ccc1Cl. The minimum atomic E-state index is -3.88. The highest BCUT2D eigenvalue weighted by atomic mass is 35.5. The van der Waals surface area contributed by atoms with Crippen LogP contribution >= 0.6 is 11.6 Å². The van der Waals surface area contributed by atoms with E-state index in [1.807, 2.05) is 0 Å². The van der Waals surface area contributed by atoms with Gasteiger partial charge in [-0.05, 0) is 18.9 Å². The number of rotatable bonds is 4. The fourth-order valence-corrected chi connectivity index (χ4v) is 4.11. The van der Waals surface area contributed by atoms with Crippen molar-refractivity contribution in [2.75, 3.05) is 20.3 Å². The molecular formula is C12H15ClN2O5S. The molecule has 0 aromatic heterocycles. The van der Waals surface area contributed by atoms with E-state index < -0.39 is 14.9 Å². The monoisotopic (exact) mass is 334 g/mol. The van der Waals surface area contributed by atoms with Crippen LogP contribution in [0.1, 0.15) is 12.8 Å². The third-order valence-electron chi connectivity index (χ3n) is 3.49. The van der Waals surface area contributed by atoms with Gasteiger partial charge in [-0.2, -0.15) is 4.31 Å². The second-order valence-electron chi connectivity index (χ2n) is 4.74. The quantitative estimate of drug-likeness (QED) is 0.621. The third-order valence-corrected chi connectivity index (χ3v) is 5.88. The van der Waals surface area contributed by atoms with Crippen LogP contribution in [-0.2, 0) is 14.8 Å². The Balaban J connectivity index is 2.38. The Bertz CT molecular complexity index is 643. The van der Waals surface area contributed by atoms with Gasteiger partial charge in [-0.15, -0.1) is 0 Å². The van der Waals surface area contributed by atoms with Gasteiger partial charge in [-0.1, -0.05) is 11.6 Å². The molecule has 2 rings (SSSR count). The molecule has 1 fully saturated rings. The lowest BCUT2D eigenvalue weighted by molar-refractivity contribution is -0.385. The van der Waals surface area contributed by atoms with Crippen LogP contribution in [0, 0.1) is 10.1 Å². The molecule has 0 saturated carbocycles. The Hall–Kier alpha value is -1.22. The summed E-state index contributed by atoms with van der Waals surface area (Å²) in [7, 11) is -2.43. The van der Waals surface area contributed by atoms with Crippen LogP contribution in [0.15, 0.2) is 23.1 Å². The van der Waals surface area contributed by atoms with Crippen molar-refractivity contribution in [3.63, 3.8) is 0 Å². The second kappa shape index (κ2) is 6.27. The first-order chi connectivity index (χ1) is 9.84. The number of hydrogen-bond acceptors (Lipinski definition) is 5. The molecule has 0 aliphatic carbocycles. The summed E-state index contributed by atoms with van der Waals surface area (Å²) < 4.78 is 31.6. The summed E-state index contributed by atoms with van der Waals surface area (Å²) in [4.78, 5) is 9.91. The van der Waals surface area contributed by atoms with Crippen LogP contribution in [0.4, 0.5) is 5.69 Å². The number of nitrogens with zero attached hydrogens (tertiary/aromatic N) is 2. The van der Waals surface area contributed by atoms with Crippen LogP contribution < -0.4 is 0 Å². The van der Waals surface area contributed by atoms with Gasteiger partial charge in [0.2, 0.25) is 10.0 Å². The molecule has 1 heterocycles. The van der Waals surface area contributed by atoms with Crippen molar-refractivity contribution >= 4 is 27.3 Å². The predicted molar refractivity (Wildman–Crippen MR) is 76.9 cm³/mol. The molecular weight excluding hydrogens is 320 g/mol. The Morgan fingerprint density at radius 2 is 2.00 bits per heavy atom.